The van der Waals surface area contributed by atoms with E-state index in [1.54, 1.807) is 12.1 Å². The van der Waals surface area contributed by atoms with Crippen molar-refractivity contribution in [2.75, 3.05) is 13.1 Å². The standard InChI is InChI=1S/C11H13ClN2O3/c12-8-1-2-11(10(7-8)14(15)16)17-9-3-5-13-6-4-9/h1-2,7,9,13H,3-6H2. The van der Waals surface area contributed by atoms with E-state index in [2.05, 4.69) is 5.32 Å². The number of nitrogens with one attached hydrogen (secondary N) is 1. The molecule has 6 heteroatoms. The molecule has 0 aliphatic carbocycles. The number of nitro benzene ring substituents is 1. The van der Waals surface area contributed by atoms with Gasteiger partial charge >= 0.3 is 5.69 Å². The maximum atomic E-state index is 10.9. The Morgan fingerprint density at radius 1 is 1.41 bits per heavy atom. The smallest absolute Gasteiger partial charge is 0.312 e. The first-order valence-corrected chi connectivity index (χ1v) is 5.86. The maximum Gasteiger partial charge on any atom is 0.312 e. The highest BCUT2D eigenvalue weighted by atomic mass is 35.5. The molecular weight excluding hydrogens is 244 g/mol. The third kappa shape index (κ3) is 3.08. The summed E-state index contributed by atoms with van der Waals surface area (Å²) in [6, 6.07) is 4.48. The lowest BCUT2D eigenvalue weighted by Crippen LogP contribution is -2.34. The summed E-state index contributed by atoms with van der Waals surface area (Å²) in [6.07, 6.45) is 1.76. The molecule has 1 heterocycles. The largest absolute Gasteiger partial charge is 0.483 e. The second-order valence-corrected chi connectivity index (χ2v) is 4.37. The molecule has 2 rings (SSSR count). The van der Waals surface area contributed by atoms with E-state index in [1.807, 2.05) is 0 Å². The molecule has 0 amide bonds. The van der Waals surface area contributed by atoms with Crippen LogP contribution in [0, 0.1) is 10.1 Å². The summed E-state index contributed by atoms with van der Waals surface area (Å²) in [7, 11) is 0. The molecule has 1 aromatic rings. The zero-order valence-electron chi connectivity index (χ0n) is 9.19. The molecule has 1 aliphatic rings. The molecule has 0 spiro atoms. The fourth-order valence-electron chi connectivity index (χ4n) is 1.83. The number of benzene rings is 1. The van der Waals surface area contributed by atoms with Crippen LogP contribution in [0.4, 0.5) is 5.69 Å². The minimum atomic E-state index is -0.470. The molecule has 0 atom stereocenters. The highest BCUT2D eigenvalue weighted by Gasteiger charge is 2.21. The number of ether oxygens (including phenoxy) is 1. The van der Waals surface area contributed by atoms with Gasteiger partial charge < -0.3 is 10.1 Å². The molecule has 92 valence electrons. The highest BCUT2D eigenvalue weighted by Crippen LogP contribution is 2.31. The van der Waals surface area contributed by atoms with Gasteiger partial charge in [-0.2, -0.15) is 0 Å². The number of nitro groups is 1. The number of halogens is 1. The van der Waals surface area contributed by atoms with Crippen molar-refractivity contribution in [2.24, 2.45) is 0 Å². The average Bonchev–Trinajstić information content (AvgIpc) is 2.32. The van der Waals surface area contributed by atoms with Crippen LogP contribution < -0.4 is 10.1 Å². The maximum absolute atomic E-state index is 10.9. The lowest BCUT2D eigenvalue weighted by Gasteiger charge is -2.23. The van der Waals surface area contributed by atoms with E-state index in [4.69, 9.17) is 16.3 Å². The normalized spacial score (nSPS) is 16.8. The summed E-state index contributed by atoms with van der Waals surface area (Å²) in [4.78, 5) is 10.4. The molecule has 0 unspecified atom stereocenters. The molecule has 5 nitrogen and oxygen atoms in total. The van der Waals surface area contributed by atoms with Gasteiger partial charge in [-0.15, -0.1) is 0 Å². The lowest BCUT2D eigenvalue weighted by atomic mass is 10.1. The van der Waals surface area contributed by atoms with Gasteiger partial charge in [0.1, 0.15) is 6.10 Å². The second-order valence-electron chi connectivity index (χ2n) is 3.94. The summed E-state index contributed by atoms with van der Waals surface area (Å²) >= 11 is 5.73. The molecule has 1 N–H and O–H groups in total. The Balaban J connectivity index is 2.16. The van der Waals surface area contributed by atoms with Crippen molar-refractivity contribution in [3.05, 3.63) is 33.3 Å². The van der Waals surface area contributed by atoms with Crippen molar-refractivity contribution in [1.29, 1.82) is 0 Å². The Morgan fingerprint density at radius 2 is 2.12 bits per heavy atom. The molecular formula is C11H13ClN2O3. The first kappa shape index (κ1) is 12.1. The van der Waals surface area contributed by atoms with Crippen LogP contribution in [0.5, 0.6) is 5.75 Å². The van der Waals surface area contributed by atoms with Crippen LogP contribution in [-0.4, -0.2) is 24.1 Å². The number of hydrogen-bond donors (Lipinski definition) is 1. The highest BCUT2D eigenvalue weighted by molar-refractivity contribution is 6.30. The van der Waals surface area contributed by atoms with Gasteiger partial charge in [-0.3, -0.25) is 10.1 Å². The topological polar surface area (TPSA) is 64.4 Å². The first-order chi connectivity index (χ1) is 8.16. The third-order valence-electron chi connectivity index (χ3n) is 2.70. The van der Waals surface area contributed by atoms with Crippen LogP contribution in [0.2, 0.25) is 5.02 Å². The first-order valence-electron chi connectivity index (χ1n) is 5.48. The molecule has 0 bridgehead atoms. The van der Waals surface area contributed by atoms with Crippen LogP contribution in [0.15, 0.2) is 18.2 Å². The lowest BCUT2D eigenvalue weighted by molar-refractivity contribution is -0.386. The number of hydrogen-bond acceptors (Lipinski definition) is 4. The quantitative estimate of drug-likeness (QED) is 0.666. The zero-order chi connectivity index (χ0) is 12.3. The van der Waals surface area contributed by atoms with Crippen LogP contribution in [0.25, 0.3) is 0 Å². The number of nitrogens with zero attached hydrogens (tertiary/aromatic N) is 1. The summed E-state index contributed by atoms with van der Waals surface area (Å²) in [5, 5.41) is 14.4. The van der Waals surface area contributed by atoms with Crippen LogP contribution in [0.1, 0.15) is 12.8 Å². The number of rotatable bonds is 3. The molecule has 1 saturated heterocycles. The van der Waals surface area contributed by atoms with E-state index in [0.717, 1.165) is 25.9 Å². The van der Waals surface area contributed by atoms with Crippen LogP contribution in [0.3, 0.4) is 0 Å². The monoisotopic (exact) mass is 256 g/mol. The van der Waals surface area contributed by atoms with Crippen molar-refractivity contribution in [2.45, 2.75) is 18.9 Å². The summed E-state index contributed by atoms with van der Waals surface area (Å²) < 4.78 is 5.66. The van der Waals surface area contributed by atoms with Gasteiger partial charge in [-0.05, 0) is 38.1 Å². The Morgan fingerprint density at radius 3 is 2.76 bits per heavy atom. The van der Waals surface area contributed by atoms with Crippen molar-refractivity contribution in [3.63, 3.8) is 0 Å². The molecule has 0 aromatic heterocycles. The molecule has 1 fully saturated rings. The fourth-order valence-corrected chi connectivity index (χ4v) is 1.99. The van der Waals surface area contributed by atoms with Gasteiger partial charge in [0.2, 0.25) is 0 Å². The van der Waals surface area contributed by atoms with Gasteiger partial charge in [0.25, 0.3) is 0 Å². The SMILES string of the molecule is O=[N+]([O-])c1cc(Cl)ccc1OC1CCNCC1. The van der Waals surface area contributed by atoms with Crippen LogP contribution in [-0.2, 0) is 0 Å². The van der Waals surface area contributed by atoms with Gasteiger partial charge in [-0.25, -0.2) is 0 Å². The van der Waals surface area contributed by atoms with E-state index >= 15 is 0 Å². The van der Waals surface area contributed by atoms with Gasteiger partial charge in [-0.1, -0.05) is 11.6 Å². The second kappa shape index (κ2) is 5.33. The van der Waals surface area contributed by atoms with Crippen LogP contribution >= 0.6 is 11.6 Å². The van der Waals surface area contributed by atoms with Crippen molar-refractivity contribution >= 4 is 17.3 Å². The predicted octanol–water partition coefficient (Wildman–Crippen LogP) is 2.38. The molecule has 1 aromatic carbocycles. The van der Waals surface area contributed by atoms with Crippen molar-refractivity contribution in [3.8, 4) is 5.75 Å². The fraction of sp³-hybridized carbons (Fsp3) is 0.455. The molecule has 0 radical (unpaired) electrons. The Kier molecular flexibility index (Phi) is 3.81. The van der Waals surface area contributed by atoms with Gasteiger partial charge in [0.15, 0.2) is 5.75 Å². The minimum absolute atomic E-state index is 0.0381. The van der Waals surface area contributed by atoms with Crippen molar-refractivity contribution < 1.29 is 9.66 Å². The van der Waals surface area contributed by atoms with Crippen molar-refractivity contribution in [1.82, 2.24) is 5.32 Å². The Bertz CT molecular complexity index is 419. The third-order valence-corrected chi connectivity index (χ3v) is 2.93. The van der Waals surface area contributed by atoms with E-state index in [0.29, 0.717) is 10.8 Å². The molecule has 0 saturated carbocycles. The number of piperidine rings is 1. The Labute approximate surface area is 104 Å². The predicted molar refractivity (Wildman–Crippen MR) is 64.6 cm³/mol. The molecule has 1 aliphatic heterocycles. The Hall–Kier alpha value is -1.33. The molecule has 17 heavy (non-hydrogen) atoms. The van der Waals surface area contributed by atoms with E-state index < -0.39 is 4.92 Å². The van der Waals surface area contributed by atoms with Gasteiger partial charge in [0.05, 0.1) is 4.92 Å². The average molecular weight is 257 g/mol. The minimum Gasteiger partial charge on any atom is -0.483 e. The zero-order valence-corrected chi connectivity index (χ0v) is 9.94. The summed E-state index contributed by atoms with van der Waals surface area (Å²) in [5.41, 5.74) is -0.0731. The van der Waals surface area contributed by atoms with Gasteiger partial charge in [0, 0.05) is 11.1 Å². The summed E-state index contributed by atoms with van der Waals surface area (Å²) in [6.45, 7) is 1.76. The summed E-state index contributed by atoms with van der Waals surface area (Å²) in [5.74, 6) is 0.298. The van der Waals surface area contributed by atoms with E-state index in [1.165, 1.54) is 6.07 Å². The van der Waals surface area contributed by atoms with E-state index in [9.17, 15) is 10.1 Å². The van der Waals surface area contributed by atoms with E-state index in [-0.39, 0.29) is 11.8 Å².